The summed E-state index contributed by atoms with van der Waals surface area (Å²) in [4.78, 5) is 8.44. The third kappa shape index (κ3) is 3.56. The molecule has 0 aliphatic heterocycles. The summed E-state index contributed by atoms with van der Waals surface area (Å²) in [5.41, 5.74) is 2.45. The van der Waals surface area contributed by atoms with Crippen molar-refractivity contribution in [1.29, 1.82) is 0 Å². The first kappa shape index (κ1) is 17.3. The van der Waals surface area contributed by atoms with E-state index in [4.69, 9.17) is 0 Å². The number of nitrogens with zero attached hydrogens (tertiary/aromatic N) is 3. The van der Waals surface area contributed by atoms with E-state index in [9.17, 15) is 13.2 Å². The number of anilines is 2. The van der Waals surface area contributed by atoms with Gasteiger partial charge >= 0.3 is 0 Å². The zero-order valence-corrected chi connectivity index (χ0v) is 14.9. The molecule has 0 atom stereocenters. The van der Waals surface area contributed by atoms with Gasteiger partial charge in [-0.2, -0.15) is 0 Å². The van der Waals surface area contributed by atoms with E-state index < -0.39 is 17.5 Å². The molecule has 8 heteroatoms. The van der Waals surface area contributed by atoms with E-state index in [0.29, 0.717) is 22.1 Å². The van der Waals surface area contributed by atoms with Crippen molar-refractivity contribution in [2.24, 2.45) is 0 Å². The number of benzene rings is 2. The quantitative estimate of drug-likeness (QED) is 0.506. The van der Waals surface area contributed by atoms with Gasteiger partial charge in [-0.3, -0.25) is 0 Å². The summed E-state index contributed by atoms with van der Waals surface area (Å²) in [7, 11) is 0. The first-order valence-electron chi connectivity index (χ1n) is 7.98. The van der Waals surface area contributed by atoms with Crippen molar-refractivity contribution in [3.63, 3.8) is 0 Å². The highest BCUT2D eigenvalue weighted by Gasteiger charge is 2.11. The monoisotopic (exact) mass is 386 g/mol. The van der Waals surface area contributed by atoms with Gasteiger partial charge in [0.2, 0.25) is 0 Å². The number of halogens is 3. The van der Waals surface area contributed by atoms with Gasteiger partial charge in [0, 0.05) is 23.2 Å². The second kappa shape index (κ2) is 6.88. The van der Waals surface area contributed by atoms with Crippen molar-refractivity contribution in [3.05, 3.63) is 77.4 Å². The van der Waals surface area contributed by atoms with Gasteiger partial charge in [-0.1, -0.05) is 6.07 Å². The van der Waals surface area contributed by atoms with Gasteiger partial charge in [0.05, 0.1) is 29.1 Å². The Bertz CT molecular complexity index is 1120. The second-order valence-electron chi connectivity index (χ2n) is 5.88. The minimum atomic E-state index is -0.710. The van der Waals surface area contributed by atoms with Gasteiger partial charge in [-0.15, -0.1) is 11.3 Å². The number of rotatable bonds is 4. The van der Waals surface area contributed by atoms with Crippen molar-refractivity contribution in [2.75, 3.05) is 5.32 Å². The van der Waals surface area contributed by atoms with Crippen LogP contribution in [0, 0.1) is 24.4 Å². The summed E-state index contributed by atoms with van der Waals surface area (Å²) in [6.45, 7) is 1.83. The van der Waals surface area contributed by atoms with Crippen molar-refractivity contribution < 1.29 is 13.2 Å². The predicted molar refractivity (Wildman–Crippen MR) is 99.0 cm³/mol. The fourth-order valence-electron chi connectivity index (χ4n) is 2.60. The van der Waals surface area contributed by atoms with E-state index in [2.05, 4.69) is 15.3 Å². The van der Waals surface area contributed by atoms with Gasteiger partial charge in [0.15, 0.2) is 5.13 Å². The summed E-state index contributed by atoms with van der Waals surface area (Å²) in [6.07, 6.45) is 3.29. The Balaban J connectivity index is 1.58. The number of imidazole rings is 1. The summed E-state index contributed by atoms with van der Waals surface area (Å²) in [5, 5.41) is 4.96. The molecule has 27 heavy (non-hydrogen) atoms. The normalized spacial score (nSPS) is 11.0. The highest BCUT2D eigenvalue weighted by Crippen LogP contribution is 2.29. The maximum absolute atomic E-state index is 14.5. The van der Waals surface area contributed by atoms with E-state index in [-0.39, 0.29) is 5.69 Å². The molecule has 0 amide bonds. The highest BCUT2D eigenvalue weighted by molar-refractivity contribution is 7.14. The van der Waals surface area contributed by atoms with Crippen LogP contribution in [0.25, 0.3) is 16.9 Å². The van der Waals surface area contributed by atoms with Gasteiger partial charge in [-0.05, 0) is 31.2 Å². The Morgan fingerprint density at radius 1 is 1.04 bits per heavy atom. The lowest BCUT2D eigenvalue weighted by Crippen LogP contribution is -1.96. The second-order valence-corrected chi connectivity index (χ2v) is 6.73. The van der Waals surface area contributed by atoms with Crippen LogP contribution in [0.4, 0.5) is 24.0 Å². The van der Waals surface area contributed by atoms with Crippen LogP contribution in [0.1, 0.15) is 5.69 Å². The molecule has 4 nitrogen and oxygen atoms in total. The van der Waals surface area contributed by atoms with E-state index in [1.165, 1.54) is 23.5 Å². The molecule has 0 fully saturated rings. The van der Waals surface area contributed by atoms with Crippen molar-refractivity contribution >= 4 is 22.2 Å². The number of thiazole rings is 1. The molecule has 1 N–H and O–H groups in total. The van der Waals surface area contributed by atoms with Crippen LogP contribution < -0.4 is 5.32 Å². The number of hydrogen-bond acceptors (Lipinski definition) is 4. The van der Waals surface area contributed by atoms with Crippen molar-refractivity contribution in [2.45, 2.75) is 6.92 Å². The van der Waals surface area contributed by atoms with E-state index >= 15 is 0 Å². The minimum absolute atomic E-state index is 0.120. The smallest absolute Gasteiger partial charge is 0.187 e. The first-order valence-corrected chi connectivity index (χ1v) is 8.86. The Kier molecular flexibility index (Phi) is 4.41. The van der Waals surface area contributed by atoms with Crippen molar-refractivity contribution in [1.82, 2.24) is 14.5 Å². The van der Waals surface area contributed by atoms with Crippen LogP contribution >= 0.6 is 11.3 Å². The largest absolute Gasteiger partial charge is 0.329 e. The molecule has 0 radical (unpaired) electrons. The first-order chi connectivity index (χ1) is 13.0. The fourth-order valence-corrected chi connectivity index (χ4v) is 3.33. The molecular weight excluding hydrogens is 373 g/mol. The summed E-state index contributed by atoms with van der Waals surface area (Å²) in [5.74, 6) is -1.77. The van der Waals surface area contributed by atoms with Crippen LogP contribution in [0.2, 0.25) is 0 Å². The molecule has 136 valence electrons. The van der Waals surface area contributed by atoms with E-state index in [1.807, 2.05) is 6.92 Å². The summed E-state index contributed by atoms with van der Waals surface area (Å²) in [6, 6.07) is 8.05. The number of aromatic nitrogens is 3. The lowest BCUT2D eigenvalue weighted by molar-refractivity contribution is 0.586. The average Bonchev–Trinajstić information content (AvgIpc) is 3.26. The lowest BCUT2D eigenvalue weighted by Gasteiger charge is -2.06. The minimum Gasteiger partial charge on any atom is -0.329 e. The Labute approximate surface area is 157 Å². The number of aryl methyl sites for hydroxylation is 1. The van der Waals surface area contributed by atoms with Crippen LogP contribution in [-0.4, -0.2) is 14.5 Å². The zero-order chi connectivity index (χ0) is 19.0. The third-order valence-corrected chi connectivity index (χ3v) is 4.67. The standard InChI is InChI=1S/C19H13F3N4S/c1-11-8-26(10-23-11)18-5-2-12(6-15(18)22)17-9-27-19(25-17)24-16-4-3-13(20)7-14(16)21/h2-10H,1H3,(H,24,25). The number of hydrogen-bond donors (Lipinski definition) is 1. The Hall–Kier alpha value is -3.13. The van der Waals surface area contributed by atoms with Crippen LogP contribution in [0.5, 0.6) is 0 Å². The lowest BCUT2D eigenvalue weighted by atomic mass is 10.1. The van der Waals surface area contributed by atoms with Crippen molar-refractivity contribution in [3.8, 4) is 16.9 Å². The molecule has 0 spiro atoms. The zero-order valence-electron chi connectivity index (χ0n) is 14.1. The van der Waals surface area contributed by atoms with Gasteiger partial charge in [0.1, 0.15) is 17.5 Å². The number of nitrogens with one attached hydrogen (secondary N) is 1. The average molecular weight is 386 g/mol. The molecule has 0 aliphatic rings. The van der Waals surface area contributed by atoms with Crippen LogP contribution in [0.15, 0.2) is 54.3 Å². The SMILES string of the molecule is Cc1cn(-c2ccc(-c3csc(Nc4ccc(F)cc4F)n3)cc2F)cn1. The Morgan fingerprint density at radius 3 is 2.59 bits per heavy atom. The molecule has 2 aromatic heterocycles. The molecule has 0 aliphatic carbocycles. The van der Waals surface area contributed by atoms with Gasteiger partial charge in [0.25, 0.3) is 0 Å². The predicted octanol–water partition coefficient (Wildman–Crippen LogP) is 5.47. The summed E-state index contributed by atoms with van der Waals surface area (Å²) < 4.78 is 42.8. The van der Waals surface area contributed by atoms with Crippen LogP contribution in [0.3, 0.4) is 0 Å². The van der Waals surface area contributed by atoms with Crippen LogP contribution in [-0.2, 0) is 0 Å². The summed E-state index contributed by atoms with van der Waals surface area (Å²) >= 11 is 1.24. The van der Waals surface area contributed by atoms with E-state index in [1.54, 1.807) is 34.6 Å². The molecule has 0 bridgehead atoms. The molecule has 0 unspecified atom stereocenters. The molecule has 2 aromatic carbocycles. The Morgan fingerprint density at radius 2 is 1.89 bits per heavy atom. The topological polar surface area (TPSA) is 42.7 Å². The molecule has 0 saturated carbocycles. The molecular formula is C19H13F3N4S. The van der Waals surface area contributed by atoms with Gasteiger partial charge < -0.3 is 9.88 Å². The maximum Gasteiger partial charge on any atom is 0.187 e. The van der Waals surface area contributed by atoms with E-state index in [0.717, 1.165) is 17.8 Å². The molecule has 0 saturated heterocycles. The highest BCUT2D eigenvalue weighted by atomic mass is 32.1. The third-order valence-electron chi connectivity index (χ3n) is 3.91. The fraction of sp³-hybridized carbons (Fsp3) is 0.0526. The molecule has 2 heterocycles. The van der Waals surface area contributed by atoms with Gasteiger partial charge in [-0.25, -0.2) is 23.1 Å². The maximum atomic E-state index is 14.5. The molecule has 4 rings (SSSR count). The molecule has 4 aromatic rings.